The Morgan fingerprint density at radius 2 is 1.91 bits per heavy atom. The largest absolute Gasteiger partial charge is 0.508 e. The molecule has 2 aromatic carbocycles. The van der Waals surface area contributed by atoms with Gasteiger partial charge < -0.3 is 25.9 Å². The number of nitrogens with one attached hydrogen (secondary N) is 1. The van der Waals surface area contributed by atoms with E-state index in [0.717, 1.165) is 30.6 Å². The second-order valence-electron chi connectivity index (χ2n) is 8.88. The van der Waals surface area contributed by atoms with Crippen LogP contribution in [0.15, 0.2) is 54.6 Å². The van der Waals surface area contributed by atoms with Crippen molar-refractivity contribution in [1.82, 2.24) is 10.2 Å². The predicted octanol–water partition coefficient (Wildman–Crippen LogP) is 2.23. The highest BCUT2D eigenvalue weighted by molar-refractivity contribution is 5.83. The number of likely N-dealkylation sites (tertiary alicyclic amines) is 1. The van der Waals surface area contributed by atoms with E-state index < -0.39 is 5.97 Å². The highest BCUT2D eigenvalue weighted by atomic mass is 16.4. The van der Waals surface area contributed by atoms with Crippen molar-refractivity contribution in [3.63, 3.8) is 0 Å². The summed E-state index contributed by atoms with van der Waals surface area (Å²) >= 11 is 0. The first kappa shape index (κ1) is 25.4. The molecular formula is C25H34N2O5. The zero-order chi connectivity index (χ0) is 22.4. The van der Waals surface area contributed by atoms with Gasteiger partial charge in [0.2, 0.25) is 5.91 Å². The average Bonchev–Trinajstić information content (AvgIpc) is 2.75. The number of carboxylic acids is 1. The third kappa shape index (κ3) is 6.31. The topological polar surface area (TPSA) is 121 Å². The van der Waals surface area contributed by atoms with Crippen molar-refractivity contribution in [3.8, 4) is 5.75 Å². The number of carbonyl (C=O) groups is 2. The lowest BCUT2D eigenvalue weighted by atomic mass is 9.68. The number of carbonyl (C=O) groups excluding carboxylic acids is 1. The molecule has 0 spiro atoms. The zero-order valence-corrected chi connectivity index (χ0v) is 18.8. The number of benzene rings is 2. The van der Waals surface area contributed by atoms with Gasteiger partial charge in [-0.1, -0.05) is 56.3 Å². The van der Waals surface area contributed by atoms with Gasteiger partial charge in [0.1, 0.15) is 12.3 Å². The number of rotatable bonds is 8. The molecule has 2 aromatic rings. The number of amides is 1. The van der Waals surface area contributed by atoms with Gasteiger partial charge in [0.05, 0.1) is 5.92 Å². The molecule has 0 unspecified atom stereocenters. The van der Waals surface area contributed by atoms with Gasteiger partial charge in [0.15, 0.2) is 0 Å². The molecule has 7 heteroatoms. The lowest BCUT2D eigenvalue weighted by Crippen LogP contribution is -2.50. The Hall–Kier alpha value is -2.90. The van der Waals surface area contributed by atoms with Crippen LogP contribution >= 0.6 is 0 Å². The summed E-state index contributed by atoms with van der Waals surface area (Å²) in [5.41, 5.74) is 2.16. The van der Waals surface area contributed by atoms with Crippen LogP contribution in [0, 0.1) is 11.8 Å². The van der Waals surface area contributed by atoms with Gasteiger partial charge in [-0.3, -0.25) is 9.59 Å². The summed E-state index contributed by atoms with van der Waals surface area (Å²) < 4.78 is 0. The molecule has 3 atom stereocenters. The number of piperidine rings is 1. The van der Waals surface area contributed by atoms with Gasteiger partial charge in [0.25, 0.3) is 0 Å². The minimum Gasteiger partial charge on any atom is -0.508 e. The third-order valence-corrected chi connectivity index (χ3v) is 6.66. The molecule has 0 aliphatic carbocycles. The number of aliphatic carboxylic acids is 1. The van der Waals surface area contributed by atoms with E-state index in [-0.39, 0.29) is 35.0 Å². The van der Waals surface area contributed by atoms with Crippen LogP contribution in [0.3, 0.4) is 0 Å². The van der Waals surface area contributed by atoms with Gasteiger partial charge in [0, 0.05) is 13.1 Å². The molecule has 1 aliphatic heterocycles. The van der Waals surface area contributed by atoms with Crippen molar-refractivity contribution in [3.05, 3.63) is 65.7 Å². The lowest BCUT2D eigenvalue weighted by Gasteiger charge is -2.45. The maximum atomic E-state index is 12.8. The van der Waals surface area contributed by atoms with Crippen molar-refractivity contribution in [2.75, 3.05) is 26.2 Å². The standard InChI is InChI=1S/C25H32N2O4.H2O/c1-18-16-27(12-11-25(18,2)21-9-6-10-22(28)14-21)17-20(24(31)26-15-23(29)30)13-19-7-4-3-5-8-19;/h3-10,14,18,20,28H,11-13,15-17H2,1-2H3,(H,26,31)(H,29,30);1H2/t18-,20-,25+;/m0./s1. The summed E-state index contributed by atoms with van der Waals surface area (Å²) in [4.78, 5) is 26.0. The first-order chi connectivity index (χ1) is 14.8. The number of aromatic hydroxyl groups is 1. The Kier molecular flexibility index (Phi) is 8.80. The maximum Gasteiger partial charge on any atom is 0.322 e. The first-order valence-corrected chi connectivity index (χ1v) is 10.8. The number of phenolic OH excluding ortho intramolecular Hbond substituents is 1. The Bertz CT molecular complexity index is 904. The van der Waals surface area contributed by atoms with E-state index in [1.165, 1.54) is 0 Å². The highest BCUT2D eigenvalue weighted by Gasteiger charge is 2.39. The molecule has 3 rings (SSSR count). The van der Waals surface area contributed by atoms with Crippen molar-refractivity contribution in [2.45, 2.75) is 32.1 Å². The fourth-order valence-electron chi connectivity index (χ4n) is 4.53. The highest BCUT2D eigenvalue weighted by Crippen LogP contribution is 2.40. The van der Waals surface area contributed by atoms with E-state index in [1.54, 1.807) is 6.07 Å². The Labute approximate surface area is 189 Å². The second-order valence-corrected chi connectivity index (χ2v) is 8.88. The fourth-order valence-corrected chi connectivity index (χ4v) is 4.53. The summed E-state index contributed by atoms with van der Waals surface area (Å²) in [7, 11) is 0. The van der Waals surface area contributed by atoms with E-state index in [2.05, 4.69) is 30.1 Å². The molecule has 0 saturated carbocycles. The van der Waals surface area contributed by atoms with Crippen LogP contribution < -0.4 is 5.32 Å². The number of phenols is 1. The summed E-state index contributed by atoms with van der Waals surface area (Å²) in [5.74, 6) is -0.964. The van der Waals surface area contributed by atoms with Crippen molar-refractivity contribution >= 4 is 11.9 Å². The van der Waals surface area contributed by atoms with E-state index in [0.29, 0.717) is 18.9 Å². The summed E-state index contributed by atoms with van der Waals surface area (Å²) in [6.07, 6.45) is 1.49. The molecule has 1 saturated heterocycles. The minimum atomic E-state index is -1.04. The zero-order valence-electron chi connectivity index (χ0n) is 18.8. The molecule has 7 nitrogen and oxygen atoms in total. The van der Waals surface area contributed by atoms with E-state index >= 15 is 0 Å². The Balaban J connectivity index is 0.00000363. The van der Waals surface area contributed by atoms with Crippen LogP contribution in [-0.2, 0) is 21.4 Å². The van der Waals surface area contributed by atoms with Crippen molar-refractivity contribution < 1.29 is 25.3 Å². The molecule has 1 aliphatic rings. The van der Waals surface area contributed by atoms with Crippen LogP contribution in [0.2, 0.25) is 0 Å². The number of carboxylic acid groups (broad SMARTS) is 1. The molecule has 1 heterocycles. The van der Waals surface area contributed by atoms with Crippen LogP contribution in [0.1, 0.15) is 31.4 Å². The summed E-state index contributed by atoms with van der Waals surface area (Å²) in [6.45, 7) is 6.35. The van der Waals surface area contributed by atoms with Crippen LogP contribution in [0.5, 0.6) is 5.75 Å². The molecular weight excluding hydrogens is 408 g/mol. The Morgan fingerprint density at radius 1 is 1.19 bits per heavy atom. The van der Waals surface area contributed by atoms with Gasteiger partial charge in [-0.05, 0) is 54.0 Å². The minimum absolute atomic E-state index is 0. The Morgan fingerprint density at radius 3 is 2.53 bits per heavy atom. The van der Waals surface area contributed by atoms with Crippen LogP contribution in [-0.4, -0.2) is 58.6 Å². The average molecular weight is 443 g/mol. The van der Waals surface area contributed by atoms with Gasteiger partial charge >= 0.3 is 5.97 Å². The van der Waals surface area contributed by atoms with Crippen molar-refractivity contribution in [2.24, 2.45) is 11.8 Å². The molecule has 1 fully saturated rings. The number of hydrogen-bond donors (Lipinski definition) is 3. The van der Waals surface area contributed by atoms with Crippen LogP contribution in [0.25, 0.3) is 0 Å². The predicted molar refractivity (Wildman–Crippen MR) is 124 cm³/mol. The maximum absolute atomic E-state index is 12.8. The quantitative estimate of drug-likeness (QED) is 0.579. The van der Waals surface area contributed by atoms with Crippen LogP contribution in [0.4, 0.5) is 0 Å². The fraction of sp³-hybridized carbons (Fsp3) is 0.440. The second kappa shape index (κ2) is 11.1. The molecule has 5 N–H and O–H groups in total. The third-order valence-electron chi connectivity index (χ3n) is 6.66. The van der Waals surface area contributed by atoms with E-state index in [1.807, 2.05) is 42.5 Å². The van der Waals surface area contributed by atoms with Gasteiger partial charge in [-0.2, -0.15) is 0 Å². The molecule has 1 amide bonds. The smallest absolute Gasteiger partial charge is 0.322 e. The SMILES string of the molecule is C[C@H]1CN(C[C@H](Cc2ccccc2)C(=O)NCC(=O)O)CC[C@@]1(C)c1cccc(O)c1.O. The summed E-state index contributed by atoms with van der Waals surface area (Å²) in [5, 5.41) is 21.4. The van der Waals surface area contributed by atoms with Gasteiger partial charge in [-0.25, -0.2) is 0 Å². The molecule has 0 aromatic heterocycles. The molecule has 32 heavy (non-hydrogen) atoms. The molecule has 174 valence electrons. The van der Waals surface area contributed by atoms with Gasteiger partial charge in [-0.15, -0.1) is 0 Å². The number of hydrogen-bond acceptors (Lipinski definition) is 4. The van der Waals surface area contributed by atoms with Crippen molar-refractivity contribution in [1.29, 1.82) is 0 Å². The number of nitrogens with zero attached hydrogens (tertiary/aromatic N) is 1. The lowest BCUT2D eigenvalue weighted by molar-refractivity contribution is -0.138. The van der Waals surface area contributed by atoms with E-state index in [9.17, 15) is 14.7 Å². The van der Waals surface area contributed by atoms with E-state index in [4.69, 9.17) is 5.11 Å². The monoisotopic (exact) mass is 442 g/mol. The summed E-state index contributed by atoms with van der Waals surface area (Å²) in [6, 6.07) is 17.3. The molecule has 0 radical (unpaired) electrons. The normalized spacial score (nSPS) is 21.9. The molecule has 0 bridgehead atoms. The first-order valence-electron chi connectivity index (χ1n) is 10.8.